The average Bonchev–Trinajstić information content (AvgIpc) is 3.33. The summed E-state index contributed by atoms with van der Waals surface area (Å²) in [5.74, 6) is -0.771. The van der Waals surface area contributed by atoms with Crippen molar-refractivity contribution in [3.63, 3.8) is 0 Å². The molecule has 27 heavy (non-hydrogen) atoms. The van der Waals surface area contributed by atoms with Crippen LogP contribution in [0.4, 0.5) is 0 Å². The summed E-state index contributed by atoms with van der Waals surface area (Å²) in [6.45, 7) is 1.63. The third-order valence-corrected chi connectivity index (χ3v) is 6.30. The predicted octanol–water partition coefficient (Wildman–Crippen LogP) is 2.14. The number of carbonyl (C=O) groups is 4. The van der Waals surface area contributed by atoms with Crippen LogP contribution < -0.4 is 0 Å². The molecule has 3 aliphatic rings. The summed E-state index contributed by atoms with van der Waals surface area (Å²) in [5, 5.41) is 0. The van der Waals surface area contributed by atoms with Gasteiger partial charge in [0.2, 0.25) is 11.8 Å². The highest BCUT2D eigenvalue weighted by Gasteiger charge is 2.60. The molecule has 4 rings (SSSR count). The van der Waals surface area contributed by atoms with Gasteiger partial charge in [0.1, 0.15) is 0 Å². The first kappa shape index (κ1) is 17.9. The van der Waals surface area contributed by atoms with Crippen LogP contribution in [-0.4, -0.2) is 41.6 Å². The van der Waals surface area contributed by atoms with E-state index >= 15 is 0 Å². The van der Waals surface area contributed by atoms with Crippen molar-refractivity contribution in [1.29, 1.82) is 0 Å². The molecule has 6 nitrogen and oxygen atoms in total. The number of ketones is 1. The number of Topliss-reactive ketones (excluding diaryl/α,β-unsaturated/α-hetero) is 1. The number of benzene rings is 1. The molecule has 1 aromatic rings. The summed E-state index contributed by atoms with van der Waals surface area (Å²) >= 11 is 0. The maximum atomic E-state index is 12.6. The molecular weight excluding hydrogens is 346 g/mol. The highest BCUT2D eigenvalue weighted by Crippen LogP contribution is 2.56. The van der Waals surface area contributed by atoms with Crippen molar-refractivity contribution in [2.24, 2.45) is 23.7 Å². The van der Waals surface area contributed by atoms with Gasteiger partial charge in [-0.25, -0.2) is 0 Å². The highest BCUT2D eigenvalue weighted by atomic mass is 16.5. The van der Waals surface area contributed by atoms with Crippen LogP contribution in [0.1, 0.15) is 41.6 Å². The molecule has 1 aliphatic heterocycles. The number of esters is 1. The Kier molecular flexibility index (Phi) is 4.58. The highest BCUT2D eigenvalue weighted by molar-refractivity contribution is 6.06. The molecule has 0 N–H and O–H groups in total. The predicted molar refractivity (Wildman–Crippen MR) is 95.6 cm³/mol. The molecule has 0 spiro atoms. The second kappa shape index (κ2) is 6.91. The maximum absolute atomic E-state index is 12.6. The zero-order valence-corrected chi connectivity index (χ0v) is 15.3. The molecule has 2 aliphatic carbocycles. The van der Waals surface area contributed by atoms with Gasteiger partial charge < -0.3 is 4.74 Å². The summed E-state index contributed by atoms with van der Waals surface area (Å²) in [6.07, 6.45) is 2.97. The van der Waals surface area contributed by atoms with Gasteiger partial charge in [-0.3, -0.25) is 24.1 Å². The number of fused-ring (bicyclic) bond motifs is 5. The number of likely N-dealkylation sites (tertiary alicyclic amines) is 1. The molecule has 2 amide bonds. The van der Waals surface area contributed by atoms with E-state index in [2.05, 4.69) is 0 Å². The van der Waals surface area contributed by atoms with E-state index in [9.17, 15) is 19.2 Å². The van der Waals surface area contributed by atoms with Crippen molar-refractivity contribution in [2.45, 2.75) is 32.6 Å². The molecule has 3 fully saturated rings. The van der Waals surface area contributed by atoms with Crippen LogP contribution in [0.25, 0.3) is 0 Å². The lowest BCUT2D eigenvalue weighted by molar-refractivity contribution is -0.145. The second-order valence-electron chi connectivity index (χ2n) is 7.91. The lowest BCUT2D eigenvalue weighted by atomic mass is 9.81. The van der Waals surface area contributed by atoms with Crippen LogP contribution in [0, 0.1) is 30.6 Å². The van der Waals surface area contributed by atoms with Gasteiger partial charge in [-0.1, -0.05) is 29.8 Å². The molecule has 2 saturated carbocycles. The van der Waals surface area contributed by atoms with E-state index in [0.717, 1.165) is 24.8 Å². The van der Waals surface area contributed by atoms with E-state index in [4.69, 9.17) is 4.74 Å². The van der Waals surface area contributed by atoms with E-state index in [0.29, 0.717) is 17.4 Å². The average molecular weight is 369 g/mol. The van der Waals surface area contributed by atoms with E-state index in [1.807, 2.05) is 19.1 Å². The van der Waals surface area contributed by atoms with Crippen LogP contribution >= 0.6 is 0 Å². The maximum Gasteiger partial charge on any atom is 0.308 e. The first-order chi connectivity index (χ1) is 13.0. The Morgan fingerprint density at radius 2 is 1.63 bits per heavy atom. The molecule has 4 atom stereocenters. The minimum absolute atomic E-state index is 0.0433. The van der Waals surface area contributed by atoms with Gasteiger partial charge in [0.25, 0.3) is 0 Å². The van der Waals surface area contributed by atoms with Crippen molar-refractivity contribution < 1.29 is 23.9 Å². The number of nitrogens with zero attached hydrogens (tertiary/aromatic N) is 1. The molecule has 4 unspecified atom stereocenters. The van der Waals surface area contributed by atoms with E-state index in [1.54, 1.807) is 12.1 Å². The fourth-order valence-corrected chi connectivity index (χ4v) is 4.93. The Morgan fingerprint density at radius 1 is 1.04 bits per heavy atom. The zero-order chi connectivity index (χ0) is 19.1. The molecule has 142 valence electrons. The first-order valence-corrected chi connectivity index (χ1v) is 9.56. The smallest absolute Gasteiger partial charge is 0.308 e. The number of ether oxygens (including phenoxy) is 1. The number of carbonyl (C=O) groups excluding carboxylic acids is 4. The Bertz CT molecular complexity index is 771. The SMILES string of the molecule is Cc1ccc(C(=O)COC(=O)CCN2C(=O)C3C4CCC(C4)C3C2=O)cc1. The van der Waals surface area contributed by atoms with Gasteiger partial charge in [-0.15, -0.1) is 0 Å². The Balaban J connectivity index is 1.27. The molecule has 1 aromatic carbocycles. The molecular formula is C21H23NO5. The lowest BCUT2D eigenvalue weighted by Crippen LogP contribution is -2.35. The third kappa shape index (κ3) is 3.17. The number of imide groups is 1. The largest absolute Gasteiger partial charge is 0.457 e. The second-order valence-corrected chi connectivity index (χ2v) is 7.91. The van der Waals surface area contributed by atoms with Gasteiger partial charge in [0.05, 0.1) is 18.3 Å². The number of hydrogen-bond donors (Lipinski definition) is 0. The van der Waals surface area contributed by atoms with Crippen LogP contribution in [0.5, 0.6) is 0 Å². The molecule has 2 bridgehead atoms. The topological polar surface area (TPSA) is 80.8 Å². The summed E-state index contributed by atoms with van der Waals surface area (Å²) in [5.41, 5.74) is 1.53. The molecule has 6 heteroatoms. The van der Waals surface area contributed by atoms with Crippen molar-refractivity contribution in [3.8, 4) is 0 Å². The molecule has 0 aromatic heterocycles. The van der Waals surface area contributed by atoms with Crippen LogP contribution in [0.15, 0.2) is 24.3 Å². The number of aryl methyl sites for hydroxylation is 1. The van der Waals surface area contributed by atoms with E-state index in [-0.39, 0.29) is 49.0 Å². The summed E-state index contributed by atoms with van der Waals surface area (Å²) in [4.78, 5) is 50.4. The monoisotopic (exact) mass is 369 g/mol. The number of amides is 2. The van der Waals surface area contributed by atoms with Crippen LogP contribution in [0.2, 0.25) is 0 Å². The third-order valence-electron chi connectivity index (χ3n) is 6.30. The molecule has 1 saturated heterocycles. The Morgan fingerprint density at radius 3 is 2.22 bits per heavy atom. The van der Waals surface area contributed by atoms with Crippen molar-refractivity contribution >= 4 is 23.6 Å². The fourth-order valence-electron chi connectivity index (χ4n) is 4.93. The van der Waals surface area contributed by atoms with Crippen molar-refractivity contribution in [1.82, 2.24) is 4.90 Å². The Labute approximate surface area is 157 Å². The van der Waals surface area contributed by atoms with Gasteiger partial charge >= 0.3 is 5.97 Å². The first-order valence-electron chi connectivity index (χ1n) is 9.56. The minimum atomic E-state index is -0.573. The molecule has 0 radical (unpaired) electrons. The number of hydrogen-bond acceptors (Lipinski definition) is 5. The Hall–Kier alpha value is -2.50. The summed E-state index contributed by atoms with van der Waals surface area (Å²) in [7, 11) is 0. The van der Waals surface area contributed by atoms with Gasteiger partial charge in [-0.2, -0.15) is 0 Å². The normalized spacial score (nSPS) is 28.6. The van der Waals surface area contributed by atoms with Crippen molar-refractivity contribution in [2.75, 3.05) is 13.2 Å². The molecule has 1 heterocycles. The minimum Gasteiger partial charge on any atom is -0.457 e. The zero-order valence-electron chi connectivity index (χ0n) is 15.3. The quantitative estimate of drug-likeness (QED) is 0.436. The van der Waals surface area contributed by atoms with Gasteiger partial charge in [0.15, 0.2) is 12.4 Å². The van der Waals surface area contributed by atoms with Crippen molar-refractivity contribution in [3.05, 3.63) is 35.4 Å². The van der Waals surface area contributed by atoms with Crippen LogP contribution in [0.3, 0.4) is 0 Å². The summed E-state index contributed by atoms with van der Waals surface area (Å²) < 4.78 is 5.03. The lowest BCUT2D eigenvalue weighted by Gasteiger charge is -2.19. The van der Waals surface area contributed by atoms with E-state index in [1.165, 1.54) is 4.90 Å². The summed E-state index contributed by atoms with van der Waals surface area (Å²) in [6, 6.07) is 7.04. The fraction of sp³-hybridized carbons (Fsp3) is 0.524. The van der Waals surface area contributed by atoms with Crippen LogP contribution in [-0.2, 0) is 19.1 Å². The number of rotatable bonds is 6. The standard InChI is InChI=1S/C21H23NO5/c1-12-2-4-13(5-3-12)16(23)11-27-17(24)8-9-22-20(25)18-14-6-7-15(10-14)19(18)21(22)26/h2-5,14-15,18-19H,6-11H2,1H3. The van der Waals surface area contributed by atoms with E-state index < -0.39 is 5.97 Å². The van der Waals surface area contributed by atoms with Gasteiger partial charge in [-0.05, 0) is 38.0 Å². The van der Waals surface area contributed by atoms with Gasteiger partial charge in [0, 0.05) is 12.1 Å².